The van der Waals surface area contributed by atoms with E-state index in [1.165, 1.54) is 0 Å². The van der Waals surface area contributed by atoms with Gasteiger partial charge in [0.25, 0.3) is 0 Å². The summed E-state index contributed by atoms with van der Waals surface area (Å²) in [5.41, 5.74) is 1.40. The van der Waals surface area contributed by atoms with E-state index in [2.05, 4.69) is 4.98 Å². The number of esters is 1. The van der Waals surface area contributed by atoms with Gasteiger partial charge in [-0.25, -0.2) is 4.79 Å². The minimum Gasteiger partial charge on any atom is -0.439 e. The van der Waals surface area contributed by atoms with Crippen molar-refractivity contribution in [2.45, 2.75) is 39.5 Å². The Labute approximate surface area is 208 Å². The number of aromatic nitrogens is 1. The Morgan fingerprint density at radius 2 is 1.61 bits per heavy atom. The smallest absolute Gasteiger partial charge is 0.439 e. The molecule has 1 aliphatic heterocycles. The van der Waals surface area contributed by atoms with Crippen LogP contribution in [0.3, 0.4) is 0 Å². The Morgan fingerprint density at radius 1 is 1.00 bits per heavy atom. The number of ether oxygens (including phenoxy) is 1. The van der Waals surface area contributed by atoms with Gasteiger partial charge in [-0.3, -0.25) is 9.69 Å². The van der Waals surface area contributed by atoms with Gasteiger partial charge in [-0.1, -0.05) is 39.0 Å². The molecule has 33 heavy (non-hydrogen) atoms. The van der Waals surface area contributed by atoms with Crippen LogP contribution < -0.4 is 0 Å². The second-order valence-electron chi connectivity index (χ2n) is 9.01. The molecule has 5 nitrogen and oxygen atoms in total. The van der Waals surface area contributed by atoms with E-state index in [1.54, 1.807) is 4.90 Å². The van der Waals surface area contributed by atoms with Crippen LogP contribution in [0, 0.1) is 69.1 Å². The summed E-state index contributed by atoms with van der Waals surface area (Å²) in [6.45, 7) is 5.59. The average Bonchev–Trinajstić information content (AvgIpc) is 3.57. The minimum atomic E-state index is -0.672. The van der Waals surface area contributed by atoms with E-state index in [0.29, 0.717) is 6.42 Å². The van der Waals surface area contributed by atoms with E-state index in [9.17, 15) is 9.59 Å². The first kappa shape index (κ1) is 25.8. The van der Waals surface area contributed by atoms with Crippen molar-refractivity contribution in [3.8, 4) is 0 Å². The molecule has 2 aliphatic carbocycles. The predicted molar refractivity (Wildman–Crippen MR) is 124 cm³/mol. The molecule has 2 heterocycles. The Morgan fingerprint density at radius 3 is 2.21 bits per heavy atom. The first-order valence-corrected chi connectivity index (χ1v) is 10.8. The third kappa shape index (κ3) is 5.84. The molecular formula is C27H28FeN2O3+2. The summed E-state index contributed by atoms with van der Waals surface area (Å²) in [6.07, 6.45) is 19.2. The molecule has 0 unspecified atom stereocenters. The number of benzene rings is 1. The zero-order valence-electron chi connectivity index (χ0n) is 19.0. The summed E-state index contributed by atoms with van der Waals surface area (Å²) in [4.78, 5) is 30.8. The molecular weight excluding hydrogens is 456 g/mol. The van der Waals surface area contributed by atoms with Crippen LogP contribution in [-0.2, 0) is 37.8 Å². The summed E-state index contributed by atoms with van der Waals surface area (Å²) in [5.74, 6) is 0.371. The maximum atomic E-state index is 13.2. The van der Waals surface area contributed by atoms with E-state index >= 15 is 0 Å². The third-order valence-electron chi connectivity index (χ3n) is 5.58. The van der Waals surface area contributed by atoms with E-state index in [4.69, 9.17) is 4.74 Å². The number of amides is 1. The van der Waals surface area contributed by atoms with Gasteiger partial charge in [-0.2, -0.15) is 0 Å². The number of para-hydroxylation sites is 1. The maximum Gasteiger partial charge on any atom is 2.00 e. The number of carbonyl (C=O) groups excluding carboxylic acids is 2. The number of nitrogens with zero attached hydrogens (tertiary/aromatic N) is 1. The van der Waals surface area contributed by atoms with Crippen LogP contribution in [0.2, 0.25) is 0 Å². The molecule has 1 saturated heterocycles. The Kier molecular flexibility index (Phi) is 8.69. The third-order valence-corrected chi connectivity index (χ3v) is 5.58. The molecule has 2 atom stereocenters. The molecule has 6 heteroatoms. The molecule has 10 radical (unpaired) electrons. The fourth-order valence-electron chi connectivity index (χ4n) is 3.95. The molecule has 2 saturated carbocycles. The summed E-state index contributed by atoms with van der Waals surface area (Å²) >= 11 is 0. The summed E-state index contributed by atoms with van der Waals surface area (Å²) in [7, 11) is 0. The zero-order valence-corrected chi connectivity index (χ0v) is 20.1. The molecule has 0 bridgehead atoms. The molecule has 1 N–H and O–H groups in total. The van der Waals surface area contributed by atoms with Gasteiger partial charge in [0.05, 0.1) is 0 Å². The van der Waals surface area contributed by atoms with Crippen molar-refractivity contribution >= 4 is 22.8 Å². The number of aromatic amines is 1. The normalized spacial score (nSPS) is 23.2. The van der Waals surface area contributed by atoms with E-state index < -0.39 is 17.7 Å². The first-order chi connectivity index (χ1) is 15.4. The van der Waals surface area contributed by atoms with Gasteiger partial charge in [-0.05, 0) is 69.4 Å². The number of H-pyrrole nitrogens is 1. The van der Waals surface area contributed by atoms with Crippen LogP contribution in [0.1, 0.15) is 26.3 Å². The Hall–Kier alpha value is -1.78. The van der Waals surface area contributed by atoms with Crippen LogP contribution in [0.4, 0.5) is 0 Å². The van der Waals surface area contributed by atoms with E-state index in [-0.39, 0.29) is 28.9 Å². The number of hydrogen-bond acceptors (Lipinski definition) is 3. The fraction of sp³-hybridized carbons (Fsp3) is 0.259. The average molecular weight is 484 g/mol. The molecule has 1 aromatic heterocycles. The molecule has 5 rings (SSSR count). The van der Waals surface area contributed by atoms with Crippen LogP contribution in [0.25, 0.3) is 10.9 Å². The summed E-state index contributed by atoms with van der Waals surface area (Å²) in [6, 6.07) is 7.31. The van der Waals surface area contributed by atoms with E-state index in [0.717, 1.165) is 22.4 Å². The number of rotatable bonds is 3. The van der Waals surface area contributed by atoms with E-state index in [1.807, 2.05) is 109 Å². The van der Waals surface area contributed by atoms with Crippen LogP contribution in [0.5, 0.6) is 0 Å². The summed E-state index contributed by atoms with van der Waals surface area (Å²) in [5, 5.41) is 1.06. The van der Waals surface area contributed by atoms with Gasteiger partial charge in [0.1, 0.15) is 6.04 Å². The topological polar surface area (TPSA) is 62.4 Å². The van der Waals surface area contributed by atoms with Crippen molar-refractivity contribution in [2.75, 3.05) is 0 Å². The zero-order chi connectivity index (χ0) is 22.7. The van der Waals surface area contributed by atoms with Gasteiger partial charge in [0.15, 0.2) is 6.23 Å². The predicted octanol–water partition coefficient (Wildman–Crippen LogP) is 4.26. The second-order valence-corrected chi connectivity index (χ2v) is 9.01. The SMILES string of the molecule is CC(C)(C)C(=O)N1[C@@H]([C]2[CH][CH][CH][CH]2)OC(=O)[C@@H]1Cc1c[nH]c2ccccc12.[CH]1[CH][CH][CH][CH]1.[Fe+2]. The molecule has 170 valence electrons. The molecule has 1 aromatic carbocycles. The van der Waals surface area contributed by atoms with Crippen molar-refractivity contribution in [3.05, 3.63) is 99.7 Å². The molecule has 3 fully saturated rings. The van der Waals surface area contributed by atoms with Gasteiger partial charge >= 0.3 is 23.0 Å². The summed E-state index contributed by atoms with van der Waals surface area (Å²) < 4.78 is 5.66. The van der Waals surface area contributed by atoms with Gasteiger partial charge in [0.2, 0.25) is 5.91 Å². The minimum absolute atomic E-state index is 0. The van der Waals surface area contributed by atoms with Crippen molar-refractivity contribution in [1.82, 2.24) is 9.88 Å². The molecule has 2 aromatic rings. The van der Waals surface area contributed by atoms with Crippen molar-refractivity contribution in [2.24, 2.45) is 5.41 Å². The second kappa shape index (κ2) is 11.1. The largest absolute Gasteiger partial charge is 2.00 e. The fourth-order valence-corrected chi connectivity index (χ4v) is 3.95. The number of fused-ring (bicyclic) bond motifs is 1. The Balaban J connectivity index is 0.000000453. The maximum absolute atomic E-state index is 13.2. The van der Waals surface area contributed by atoms with Crippen molar-refractivity contribution in [1.29, 1.82) is 0 Å². The first-order valence-electron chi connectivity index (χ1n) is 10.8. The standard InChI is InChI=1S/C22H23N2O3.C5H5.Fe/c1-22(2,3)21(26)24-18(20(25)27-19(24)14-8-4-5-9-14)12-15-13-23-17-11-7-6-10-16(15)17;1-2-4-5-3-1;/h4-11,13,18-19,23H,12H2,1-3H3;1-5H;/q;;+2/t18-,19+;;/m0../s1. The van der Waals surface area contributed by atoms with Gasteiger partial charge in [-0.15, -0.1) is 0 Å². The van der Waals surface area contributed by atoms with Gasteiger partial charge < -0.3 is 9.72 Å². The van der Waals surface area contributed by atoms with Crippen molar-refractivity contribution < 1.29 is 31.4 Å². The van der Waals surface area contributed by atoms with Crippen LogP contribution in [-0.4, -0.2) is 34.0 Å². The number of cyclic esters (lactones) is 1. The number of hydrogen-bond donors (Lipinski definition) is 1. The van der Waals surface area contributed by atoms with Crippen molar-refractivity contribution in [3.63, 3.8) is 0 Å². The molecule has 0 spiro atoms. The molecule has 3 aliphatic rings. The molecule has 1 amide bonds. The van der Waals surface area contributed by atoms with Crippen LogP contribution >= 0.6 is 0 Å². The van der Waals surface area contributed by atoms with Gasteiger partial charge in [0, 0.05) is 34.9 Å². The quantitative estimate of drug-likeness (QED) is 0.523. The monoisotopic (exact) mass is 484 g/mol. The number of carbonyl (C=O) groups is 2. The number of nitrogens with one attached hydrogen (secondary N) is 1. The Bertz CT molecular complexity index is 931. The van der Waals surface area contributed by atoms with Crippen LogP contribution in [0.15, 0.2) is 30.5 Å².